The lowest BCUT2D eigenvalue weighted by atomic mass is 10.1. The number of hydrogen-bond acceptors (Lipinski definition) is 5. The van der Waals surface area contributed by atoms with Crippen LogP contribution < -0.4 is 4.90 Å². The second-order valence-electron chi connectivity index (χ2n) is 6.88. The summed E-state index contributed by atoms with van der Waals surface area (Å²) in [6.07, 6.45) is 5.58. The van der Waals surface area contributed by atoms with Crippen LogP contribution in [0.3, 0.4) is 0 Å². The minimum Gasteiger partial charge on any atom is -0.279 e. The molecule has 1 amide bonds. The minimum atomic E-state index is -0.0545. The molecule has 146 valence electrons. The first-order valence-electron chi connectivity index (χ1n) is 9.28. The highest BCUT2D eigenvalue weighted by Gasteiger charge is 2.22. The second-order valence-corrected chi connectivity index (χ2v) is 8.77. The summed E-state index contributed by atoms with van der Waals surface area (Å²) in [6, 6.07) is 15.9. The van der Waals surface area contributed by atoms with Gasteiger partial charge >= 0.3 is 0 Å². The molecule has 0 saturated carbocycles. The van der Waals surface area contributed by atoms with E-state index in [1.54, 1.807) is 40.4 Å². The Morgan fingerprint density at radius 2 is 1.97 bits per heavy atom. The van der Waals surface area contributed by atoms with Crippen molar-refractivity contribution in [3.05, 3.63) is 83.2 Å². The van der Waals surface area contributed by atoms with E-state index in [4.69, 9.17) is 4.98 Å². The molecule has 0 aliphatic heterocycles. The fourth-order valence-corrected chi connectivity index (χ4v) is 4.58. The lowest BCUT2D eigenvalue weighted by molar-refractivity contribution is 0.0985. The van der Waals surface area contributed by atoms with Gasteiger partial charge in [-0.05, 0) is 73.2 Å². The average Bonchev–Trinajstić information content (AvgIpc) is 3.17. The van der Waals surface area contributed by atoms with Gasteiger partial charge in [-0.1, -0.05) is 23.5 Å². The number of carbonyl (C=O) groups is 1. The summed E-state index contributed by atoms with van der Waals surface area (Å²) in [7, 11) is 0. The van der Waals surface area contributed by atoms with Crippen molar-refractivity contribution in [1.29, 1.82) is 0 Å². The number of thiazole rings is 1. The number of amides is 1. The standard InChI is InChI=1S/C23H21N3OS2/c1-15-6-7-18(11-16(15)2)22(27)26(14-17-5-4-10-24-13-17)23-25-20-9-8-19(28-3)12-21(20)29-23/h4-13H,14H2,1-3H3. The Labute approximate surface area is 178 Å². The van der Waals surface area contributed by atoms with Crippen LogP contribution in [0.2, 0.25) is 0 Å². The summed E-state index contributed by atoms with van der Waals surface area (Å²) < 4.78 is 1.08. The van der Waals surface area contributed by atoms with Crippen molar-refractivity contribution in [2.24, 2.45) is 0 Å². The number of nitrogens with zero attached hydrogens (tertiary/aromatic N) is 3. The van der Waals surface area contributed by atoms with Gasteiger partial charge in [0.25, 0.3) is 5.91 Å². The molecule has 2 heterocycles. The molecule has 0 spiro atoms. The highest BCUT2D eigenvalue weighted by Crippen LogP contribution is 2.33. The van der Waals surface area contributed by atoms with E-state index in [0.717, 1.165) is 21.3 Å². The van der Waals surface area contributed by atoms with Crippen molar-refractivity contribution >= 4 is 44.4 Å². The maximum atomic E-state index is 13.5. The third-order valence-electron chi connectivity index (χ3n) is 4.88. The largest absolute Gasteiger partial charge is 0.279 e. The number of anilines is 1. The quantitative estimate of drug-likeness (QED) is 0.379. The van der Waals surface area contributed by atoms with Gasteiger partial charge in [0, 0.05) is 22.9 Å². The number of fused-ring (bicyclic) bond motifs is 1. The maximum Gasteiger partial charge on any atom is 0.260 e. The Morgan fingerprint density at radius 1 is 1.10 bits per heavy atom. The number of thioether (sulfide) groups is 1. The molecule has 0 aliphatic rings. The van der Waals surface area contributed by atoms with Gasteiger partial charge in [-0.3, -0.25) is 14.7 Å². The van der Waals surface area contributed by atoms with Crippen LogP contribution in [0.4, 0.5) is 5.13 Å². The molecule has 0 aliphatic carbocycles. The fraction of sp³-hybridized carbons (Fsp3) is 0.174. The van der Waals surface area contributed by atoms with Crippen LogP contribution in [0.1, 0.15) is 27.0 Å². The number of carbonyl (C=O) groups excluding carboxylic acids is 1. The highest BCUT2D eigenvalue weighted by molar-refractivity contribution is 7.98. The highest BCUT2D eigenvalue weighted by atomic mass is 32.2. The van der Waals surface area contributed by atoms with Crippen LogP contribution in [0.25, 0.3) is 10.2 Å². The number of aryl methyl sites for hydroxylation is 2. The van der Waals surface area contributed by atoms with Gasteiger partial charge < -0.3 is 0 Å². The zero-order chi connectivity index (χ0) is 20.4. The van der Waals surface area contributed by atoms with Crippen molar-refractivity contribution in [3.63, 3.8) is 0 Å². The molecule has 2 aromatic heterocycles. The molecule has 4 aromatic rings. The van der Waals surface area contributed by atoms with Gasteiger partial charge in [-0.25, -0.2) is 4.98 Å². The lowest BCUT2D eigenvalue weighted by Gasteiger charge is -2.20. The SMILES string of the molecule is CSc1ccc2nc(N(Cc3cccnc3)C(=O)c3ccc(C)c(C)c3)sc2c1. The first-order valence-corrected chi connectivity index (χ1v) is 11.3. The smallest absolute Gasteiger partial charge is 0.260 e. The van der Waals surface area contributed by atoms with Crippen LogP contribution in [-0.4, -0.2) is 22.1 Å². The molecule has 0 radical (unpaired) electrons. The maximum absolute atomic E-state index is 13.5. The summed E-state index contributed by atoms with van der Waals surface area (Å²) in [6.45, 7) is 4.50. The Morgan fingerprint density at radius 3 is 2.69 bits per heavy atom. The van der Waals surface area contributed by atoms with E-state index >= 15 is 0 Å². The van der Waals surface area contributed by atoms with E-state index in [2.05, 4.69) is 23.4 Å². The minimum absolute atomic E-state index is 0.0545. The van der Waals surface area contributed by atoms with Crippen molar-refractivity contribution < 1.29 is 4.79 Å². The van der Waals surface area contributed by atoms with E-state index in [-0.39, 0.29) is 5.91 Å². The summed E-state index contributed by atoms with van der Waals surface area (Å²) in [5, 5.41) is 0.699. The Balaban J connectivity index is 1.77. The first-order chi connectivity index (χ1) is 14.0. The second kappa shape index (κ2) is 8.35. The Kier molecular flexibility index (Phi) is 5.65. The summed E-state index contributed by atoms with van der Waals surface area (Å²) in [4.78, 5) is 25.4. The number of pyridine rings is 1. The zero-order valence-electron chi connectivity index (χ0n) is 16.5. The van der Waals surface area contributed by atoms with E-state index in [9.17, 15) is 4.79 Å². The molecule has 4 nitrogen and oxygen atoms in total. The van der Waals surface area contributed by atoms with Crippen LogP contribution in [0.5, 0.6) is 0 Å². The molecule has 2 aromatic carbocycles. The van der Waals surface area contributed by atoms with Crippen LogP contribution >= 0.6 is 23.1 Å². The van der Waals surface area contributed by atoms with Gasteiger partial charge in [-0.15, -0.1) is 11.8 Å². The summed E-state index contributed by atoms with van der Waals surface area (Å²) in [5.41, 5.74) is 4.82. The van der Waals surface area contributed by atoms with Crippen molar-refractivity contribution in [3.8, 4) is 0 Å². The van der Waals surface area contributed by atoms with Crippen LogP contribution in [0.15, 0.2) is 65.8 Å². The van der Waals surface area contributed by atoms with Crippen molar-refractivity contribution in [2.75, 3.05) is 11.2 Å². The zero-order valence-corrected chi connectivity index (χ0v) is 18.2. The topological polar surface area (TPSA) is 46.1 Å². The molecule has 0 bridgehead atoms. The van der Waals surface area contributed by atoms with Gasteiger partial charge in [0.2, 0.25) is 0 Å². The van der Waals surface area contributed by atoms with E-state index < -0.39 is 0 Å². The summed E-state index contributed by atoms with van der Waals surface area (Å²) >= 11 is 3.24. The molecule has 0 fully saturated rings. The van der Waals surface area contributed by atoms with Gasteiger partial charge in [0.1, 0.15) is 0 Å². The van der Waals surface area contributed by atoms with E-state index in [0.29, 0.717) is 17.2 Å². The van der Waals surface area contributed by atoms with Crippen molar-refractivity contribution in [2.45, 2.75) is 25.3 Å². The third kappa shape index (κ3) is 4.18. The predicted octanol–water partition coefficient (Wildman–Crippen LogP) is 5.88. The Hall–Kier alpha value is -2.70. The lowest BCUT2D eigenvalue weighted by Crippen LogP contribution is -2.30. The normalized spacial score (nSPS) is 11.0. The first kappa shape index (κ1) is 19.6. The van der Waals surface area contributed by atoms with E-state index in [1.807, 2.05) is 50.2 Å². The van der Waals surface area contributed by atoms with Crippen LogP contribution in [-0.2, 0) is 6.54 Å². The number of benzene rings is 2. The van der Waals surface area contributed by atoms with Gasteiger partial charge in [-0.2, -0.15) is 0 Å². The molecular weight excluding hydrogens is 398 g/mol. The van der Waals surface area contributed by atoms with Gasteiger partial charge in [0.05, 0.1) is 16.8 Å². The predicted molar refractivity (Wildman–Crippen MR) is 122 cm³/mol. The third-order valence-corrected chi connectivity index (χ3v) is 6.64. The molecule has 0 unspecified atom stereocenters. The van der Waals surface area contributed by atoms with Gasteiger partial charge in [0.15, 0.2) is 5.13 Å². The molecule has 29 heavy (non-hydrogen) atoms. The number of aromatic nitrogens is 2. The molecular formula is C23H21N3OS2. The fourth-order valence-electron chi connectivity index (χ4n) is 3.07. The summed E-state index contributed by atoms with van der Waals surface area (Å²) in [5.74, 6) is -0.0545. The van der Waals surface area contributed by atoms with E-state index in [1.165, 1.54) is 10.5 Å². The molecule has 6 heteroatoms. The number of hydrogen-bond donors (Lipinski definition) is 0. The monoisotopic (exact) mass is 419 g/mol. The Bertz CT molecular complexity index is 1170. The average molecular weight is 420 g/mol. The molecule has 0 saturated heterocycles. The molecule has 0 atom stereocenters. The van der Waals surface area contributed by atoms with Crippen molar-refractivity contribution in [1.82, 2.24) is 9.97 Å². The number of rotatable bonds is 5. The molecule has 4 rings (SSSR count). The van der Waals surface area contributed by atoms with Crippen LogP contribution in [0, 0.1) is 13.8 Å². The molecule has 0 N–H and O–H groups in total.